The van der Waals surface area contributed by atoms with E-state index >= 15 is 0 Å². The zero-order valence-electron chi connectivity index (χ0n) is 5.99. The van der Waals surface area contributed by atoms with Crippen LogP contribution in [0.4, 0.5) is 0 Å². The Bertz CT molecular complexity index is 184. The van der Waals surface area contributed by atoms with Gasteiger partial charge in [-0.1, -0.05) is 11.5 Å². The average Bonchev–Trinajstić information content (AvgIpc) is 1.63. The number of rotatable bonds is 1. The molecule has 1 heteroatoms. The van der Waals surface area contributed by atoms with Gasteiger partial charge in [0.25, 0.3) is 0 Å². The zero-order valence-corrected chi connectivity index (χ0v) is 5.99. The number of carbonyl (C=O) groups excluding carboxylic acids is 1. The molecule has 0 fully saturated rings. The van der Waals surface area contributed by atoms with Crippen molar-refractivity contribution in [2.75, 3.05) is 0 Å². The Morgan fingerprint density at radius 2 is 2.00 bits per heavy atom. The highest BCUT2D eigenvalue weighted by molar-refractivity contribution is 6.04. The molecular weight excluding hydrogens is 112 g/mol. The van der Waals surface area contributed by atoms with Gasteiger partial charge in [0.1, 0.15) is 0 Å². The Morgan fingerprint density at radius 3 is 2.33 bits per heavy atom. The molecule has 0 aromatic carbocycles. The van der Waals surface area contributed by atoms with E-state index in [1.807, 2.05) is 13.8 Å². The molecule has 0 amide bonds. The smallest absolute Gasteiger partial charge is 0.228 e. The summed E-state index contributed by atoms with van der Waals surface area (Å²) in [5, 5.41) is 0. The lowest BCUT2D eigenvalue weighted by Gasteiger charge is -1.80. The van der Waals surface area contributed by atoms with Crippen molar-refractivity contribution in [1.29, 1.82) is 0 Å². The maximum Gasteiger partial charge on any atom is 0.228 e. The predicted molar refractivity (Wildman–Crippen MR) is 37.9 cm³/mol. The van der Waals surface area contributed by atoms with Crippen molar-refractivity contribution < 1.29 is 4.79 Å². The lowest BCUT2D eigenvalue weighted by atomic mass is 10.2. The van der Waals surface area contributed by atoms with Crippen molar-refractivity contribution in [2.45, 2.75) is 20.8 Å². The van der Waals surface area contributed by atoms with E-state index in [1.165, 1.54) is 6.08 Å². The van der Waals surface area contributed by atoms with Gasteiger partial charge in [-0.3, -0.25) is 4.79 Å². The van der Waals surface area contributed by atoms with Gasteiger partial charge < -0.3 is 0 Å². The molecule has 0 aromatic heterocycles. The number of hydrogen-bond acceptors (Lipinski definition) is 1. The molecular formula is C8H10O. The van der Waals surface area contributed by atoms with E-state index in [2.05, 4.69) is 11.8 Å². The fourth-order valence-electron chi connectivity index (χ4n) is 0.421. The SMILES string of the molecule is CC#CC(=O)C=C(C)C. The van der Waals surface area contributed by atoms with Gasteiger partial charge >= 0.3 is 0 Å². The highest BCUT2D eigenvalue weighted by atomic mass is 16.1. The molecule has 0 aliphatic rings. The molecule has 0 aromatic rings. The van der Waals surface area contributed by atoms with Gasteiger partial charge in [-0.25, -0.2) is 0 Å². The monoisotopic (exact) mass is 122 g/mol. The van der Waals surface area contributed by atoms with Crippen LogP contribution in [0.15, 0.2) is 11.6 Å². The topological polar surface area (TPSA) is 17.1 Å². The zero-order chi connectivity index (χ0) is 7.28. The van der Waals surface area contributed by atoms with E-state index < -0.39 is 0 Å². The van der Waals surface area contributed by atoms with Crippen molar-refractivity contribution in [2.24, 2.45) is 0 Å². The Morgan fingerprint density at radius 1 is 1.44 bits per heavy atom. The summed E-state index contributed by atoms with van der Waals surface area (Å²) < 4.78 is 0. The maximum atomic E-state index is 10.6. The first kappa shape index (κ1) is 7.97. The summed E-state index contributed by atoms with van der Waals surface area (Å²) in [5.74, 6) is 4.83. The standard InChI is InChI=1S/C8H10O/c1-4-5-8(9)6-7(2)3/h6H,1-3H3. The number of ketones is 1. The summed E-state index contributed by atoms with van der Waals surface area (Å²) >= 11 is 0. The Hall–Kier alpha value is -1.03. The third-order valence-corrected chi connectivity index (χ3v) is 0.668. The molecule has 48 valence electrons. The minimum absolute atomic E-state index is 0.113. The lowest BCUT2D eigenvalue weighted by Crippen LogP contribution is -1.85. The largest absolute Gasteiger partial charge is 0.280 e. The molecule has 0 unspecified atom stereocenters. The van der Waals surface area contributed by atoms with Crippen molar-refractivity contribution in [3.8, 4) is 11.8 Å². The van der Waals surface area contributed by atoms with Gasteiger partial charge in [-0.2, -0.15) is 0 Å². The molecule has 0 atom stereocenters. The third-order valence-electron chi connectivity index (χ3n) is 0.668. The summed E-state index contributed by atoms with van der Waals surface area (Å²) in [6.07, 6.45) is 1.52. The highest BCUT2D eigenvalue weighted by Crippen LogP contribution is 1.87. The molecule has 0 heterocycles. The van der Waals surface area contributed by atoms with E-state index in [0.29, 0.717) is 0 Å². The second-order valence-corrected chi connectivity index (χ2v) is 1.96. The molecule has 0 rings (SSSR count). The predicted octanol–water partition coefficient (Wildman–Crippen LogP) is 1.54. The van der Waals surface area contributed by atoms with Gasteiger partial charge in [-0.05, 0) is 32.8 Å². The number of carbonyl (C=O) groups is 1. The van der Waals surface area contributed by atoms with E-state index in [9.17, 15) is 4.79 Å². The van der Waals surface area contributed by atoms with Crippen LogP contribution in [0.25, 0.3) is 0 Å². The van der Waals surface area contributed by atoms with Crippen LogP contribution in [0.2, 0.25) is 0 Å². The van der Waals surface area contributed by atoms with Crippen LogP contribution in [-0.2, 0) is 4.79 Å². The van der Waals surface area contributed by atoms with Crippen molar-refractivity contribution in [3.05, 3.63) is 11.6 Å². The van der Waals surface area contributed by atoms with Crippen LogP contribution in [0.5, 0.6) is 0 Å². The van der Waals surface area contributed by atoms with E-state index in [1.54, 1.807) is 6.92 Å². The maximum absolute atomic E-state index is 10.6. The second-order valence-electron chi connectivity index (χ2n) is 1.96. The summed E-state index contributed by atoms with van der Waals surface area (Å²) in [5.41, 5.74) is 0.989. The molecule has 0 aliphatic heterocycles. The fourth-order valence-corrected chi connectivity index (χ4v) is 0.421. The molecule has 0 saturated heterocycles. The van der Waals surface area contributed by atoms with Crippen LogP contribution in [0, 0.1) is 11.8 Å². The number of hydrogen-bond donors (Lipinski definition) is 0. The highest BCUT2D eigenvalue weighted by Gasteiger charge is 1.86. The molecule has 9 heavy (non-hydrogen) atoms. The molecule has 0 aliphatic carbocycles. The van der Waals surface area contributed by atoms with Crippen LogP contribution >= 0.6 is 0 Å². The molecule has 0 saturated carbocycles. The summed E-state index contributed by atoms with van der Waals surface area (Å²) in [6, 6.07) is 0. The minimum Gasteiger partial charge on any atom is -0.280 e. The van der Waals surface area contributed by atoms with Crippen LogP contribution in [-0.4, -0.2) is 5.78 Å². The van der Waals surface area contributed by atoms with Crippen molar-refractivity contribution >= 4 is 5.78 Å². The van der Waals surface area contributed by atoms with Crippen LogP contribution in [0.1, 0.15) is 20.8 Å². The molecule has 0 spiro atoms. The van der Waals surface area contributed by atoms with Gasteiger partial charge in [0.05, 0.1) is 0 Å². The van der Waals surface area contributed by atoms with Crippen molar-refractivity contribution in [1.82, 2.24) is 0 Å². The lowest BCUT2D eigenvalue weighted by molar-refractivity contribution is -0.109. The normalized spacial score (nSPS) is 7.00. The number of allylic oxidation sites excluding steroid dienone is 2. The van der Waals surface area contributed by atoms with Gasteiger partial charge in [0.2, 0.25) is 5.78 Å². The van der Waals surface area contributed by atoms with Gasteiger partial charge in [0, 0.05) is 0 Å². The van der Waals surface area contributed by atoms with Gasteiger partial charge in [-0.15, -0.1) is 0 Å². The quantitative estimate of drug-likeness (QED) is 0.293. The third kappa shape index (κ3) is 4.83. The second kappa shape index (κ2) is 3.91. The Balaban J connectivity index is 4.04. The Labute approximate surface area is 55.8 Å². The first-order valence-electron chi connectivity index (χ1n) is 2.78. The van der Waals surface area contributed by atoms with E-state index in [4.69, 9.17) is 0 Å². The first-order valence-corrected chi connectivity index (χ1v) is 2.78. The minimum atomic E-state index is -0.113. The summed E-state index contributed by atoms with van der Waals surface area (Å²) in [6.45, 7) is 5.39. The summed E-state index contributed by atoms with van der Waals surface area (Å²) in [7, 11) is 0. The average molecular weight is 122 g/mol. The van der Waals surface area contributed by atoms with Crippen molar-refractivity contribution in [3.63, 3.8) is 0 Å². The molecule has 1 nitrogen and oxygen atoms in total. The van der Waals surface area contributed by atoms with E-state index in [0.717, 1.165) is 5.57 Å². The molecule has 0 bridgehead atoms. The molecule has 0 radical (unpaired) electrons. The molecule has 0 N–H and O–H groups in total. The summed E-state index contributed by atoms with van der Waals surface area (Å²) in [4.78, 5) is 10.6. The fraction of sp³-hybridized carbons (Fsp3) is 0.375. The Kier molecular flexibility index (Phi) is 3.46. The van der Waals surface area contributed by atoms with E-state index in [-0.39, 0.29) is 5.78 Å². The van der Waals surface area contributed by atoms with Crippen LogP contribution in [0.3, 0.4) is 0 Å². The first-order chi connectivity index (χ1) is 4.16. The van der Waals surface area contributed by atoms with Gasteiger partial charge in [0.15, 0.2) is 0 Å². The van der Waals surface area contributed by atoms with Crippen LogP contribution < -0.4 is 0 Å².